The van der Waals surface area contributed by atoms with E-state index in [0.29, 0.717) is 19.8 Å². The van der Waals surface area contributed by atoms with Gasteiger partial charge in [0.15, 0.2) is 0 Å². The van der Waals surface area contributed by atoms with Gasteiger partial charge < -0.3 is 14.6 Å². The van der Waals surface area contributed by atoms with Gasteiger partial charge in [-0.2, -0.15) is 0 Å². The van der Waals surface area contributed by atoms with E-state index in [9.17, 15) is 0 Å². The lowest BCUT2D eigenvalue weighted by atomic mass is 10.2. The number of ether oxygens (including phenoxy) is 2. The minimum atomic E-state index is -0.110. The molecule has 0 spiro atoms. The maximum absolute atomic E-state index is 8.63. The molecule has 0 saturated heterocycles. The van der Waals surface area contributed by atoms with E-state index in [0.717, 1.165) is 23.5 Å². The summed E-state index contributed by atoms with van der Waals surface area (Å²) in [6.45, 7) is 4.55. The summed E-state index contributed by atoms with van der Waals surface area (Å²) in [5.41, 5.74) is 0.943. The summed E-state index contributed by atoms with van der Waals surface area (Å²) in [4.78, 5) is 1.10. The predicted molar refractivity (Wildman–Crippen MR) is 69.0 cm³/mol. The summed E-state index contributed by atoms with van der Waals surface area (Å²) < 4.78 is 10.8. The van der Waals surface area contributed by atoms with E-state index in [-0.39, 0.29) is 6.61 Å². The first-order chi connectivity index (χ1) is 8.38. The monoisotopic (exact) mass is 254 g/mol. The highest BCUT2D eigenvalue weighted by molar-refractivity contribution is 7.10. The highest BCUT2D eigenvalue weighted by atomic mass is 32.1. The molecule has 3 nitrogen and oxygen atoms in total. The lowest BCUT2D eigenvalue weighted by Gasteiger charge is -2.04. The van der Waals surface area contributed by atoms with Gasteiger partial charge >= 0.3 is 0 Å². The van der Waals surface area contributed by atoms with Crippen LogP contribution in [-0.4, -0.2) is 31.5 Å². The Morgan fingerprint density at radius 3 is 2.88 bits per heavy atom. The van der Waals surface area contributed by atoms with Crippen LogP contribution < -0.4 is 0 Å². The highest BCUT2D eigenvalue weighted by Crippen LogP contribution is 2.16. The summed E-state index contributed by atoms with van der Waals surface area (Å²) in [6, 6.07) is 1.94. The SMILES string of the molecule is CCCOCCOCc1sccc1C#CCO. The molecule has 1 aromatic rings. The molecule has 0 bridgehead atoms. The molecule has 0 unspecified atom stereocenters. The Hall–Kier alpha value is -0.860. The highest BCUT2D eigenvalue weighted by Gasteiger charge is 2.01. The molecular weight excluding hydrogens is 236 g/mol. The van der Waals surface area contributed by atoms with Crippen LogP contribution in [0.1, 0.15) is 23.8 Å². The second kappa shape index (κ2) is 9.20. The third kappa shape index (κ3) is 5.85. The molecular formula is C13H18O3S. The first-order valence-electron chi connectivity index (χ1n) is 5.70. The molecule has 0 aliphatic heterocycles. The number of hydrogen-bond donors (Lipinski definition) is 1. The van der Waals surface area contributed by atoms with Crippen LogP contribution in [0.5, 0.6) is 0 Å². The van der Waals surface area contributed by atoms with Crippen LogP contribution in [0.3, 0.4) is 0 Å². The molecule has 17 heavy (non-hydrogen) atoms. The van der Waals surface area contributed by atoms with E-state index < -0.39 is 0 Å². The van der Waals surface area contributed by atoms with Gasteiger partial charge in [-0.05, 0) is 17.9 Å². The van der Waals surface area contributed by atoms with E-state index in [1.54, 1.807) is 11.3 Å². The average molecular weight is 254 g/mol. The van der Waals surface area contributed by atoms with Crippen molar-refractivity contribution in [3.63, 3.8) is 0 Å². The quantitative estimate of drug-likeness (QED) is 0.598. The first-order valence-corrected chi connectivity index (χ1v) is 6.58. The van der Waals surface area contributed by atoms with Gasteiger partial charge in [-0.1, -0.05) is 18.8 Å². The van der Waals surface area contributed by atoms with Crippen LogP contribution in [0.2, 0.25) is 0 Å². The molecule has 0 atom stereocenters. The lowest BCUT2D eigenvalue weighted by Crippen LogP contribution is -2.04. The van der Waals surface area contributed by atoms with Crippen molar-refractivity contribution in [3.05, 3.63) is 21.9 Å². The smallest absolute Gasteiger partial charge is 0.104 e. The van der Waals surface area contributed by atoms with Crippen LogP contribution >= 0.6 is 11.3 Å². The molecule has 0 aromatic carbocycles. The molecule has 4 heteroatoms. The van der Waals surface area contributed by atoms with Gasteiger partial charge in [-0.3, -0.25) is 0 Å². The Kier molecular flexibility index (Phi) is 7.69. The van der Waals surface area contributed by atoms with Crippen molar-refractivity contribution < 1.29 is 14.6 Å². The van der Waals surface area contributed by atoms with E-state index in [1.165, 1.54) is 0 Å². The molecule has 0 fully saturated rings. The maximum atomic E-state index is 8.63. The number of aliphatic hydroxyl groups excluding tert-OH is 1. The summed E-state index contributed by atoms with van der Waals surface area (Å²) >= 11 is 1.62. The zero-order valence-corrected chi connectivity index (χ0v) is 10.9. The molecule has 1 rings (SSSR count). The van der Waals surface area contributed by atoms with Crippen molar-refractivity contribution in [3.8, 4) is 11.8 Å². The first kappa shape index (κ1) is 14.2. The van der Waals surface area contributed by atoms with Crippen molar-refractivity contribution in [2.45, 2.75) is 20.0 Å². The fourth-order valence-corrected chi connectivity index (χ4v) is 1.99. The van der Waals surface area contributed by atoms with Crippen LogP contribution in [0.15, 0.2) is 11.4 Å². The number of thiophene rings is 1. The van der Waals surface area contributed by atoms with E-state index in [1.807, 2.05) is 11.4 Å². The Morgan fingerprint density at radius 2 is 2.12 bits per heavy atom. The molecule has 0 radical (unpaired) electrons. The number of rotatable bonds is 7. The number of hydrogen-bond acceptors (Lipinski definition) is 4. The van der Waals surface area contributed by atoms with Gasteiger partial charge in [0.2, 0.25) is 0 Å². The van der Waals surface area contributed by atoms with E-state index in [2.05, 4.69) is 18.8 Å². The lowest BCUT2D eigenvalue weighted by molar-refractivity contribution is 0.0417. The molecule has 0 amide bonds. The second-order valence-electron chi connectivity index (χ2n) is 3.38. The van der Waals surface area contributed by atoms with Gasteiger partial charge in [-0.15, -0.1) is 11.3 Å². The molecule has 0 saturated carbocycles. The molecule has 0 aliphatic carbocycles. The second-order valence-corrected chi connectivity index (χ2v) is 4.38. The minimum Gasteiger partial charge on any atom is -0.384 e. The Bertz CT molecular complexity index is 362. The van der Waals surface area contributed by atoms with Crippen molar-refractivity contribution in [1.29, 1.82) is 0 Å². The normalized spacial score (nSPS) is 10.0. The Labute approximate surface area is 106 Å². The van der Waals surface area contributed by atoms with Crippen molar-refractivity contribution in [1.82, 2.24) is 0 Å². The van der Waals surface area contributed by atoms with E-state index in [4.69, 9.17) is 14.6 Å². The van der Waals surface area contributed by atoms with Crippen LogP contribution in [0.25, 0.3) is 0 Å². The molecule has 0 aliphatic rings. The molecule has 1 N–H and O–H groups in total. The summed E-state index contributed by atoms with van der Waals surface area (Å²) in [5, 5.41) is 10.6. The largest absolute Gasteiger partial charge is 0.384 e. The minimum absolute atomic E-state index is 0.110. The Morgan fingerprint density at radius 1 is 1.29 bits per heavy atom. The van der Waals surface area contributed by atoms with Gasteiger partial charge in [0.1, 0.15) is 6.61 Å². The molecule has 94 valence electrons. The van der Waals surface area contributed by atoms with Crippen molar-refractivity contribution >= 4 is 11.3 Å². The summed E-state index contributed by atoms with van der Waals surface area (Å²) in [7, 11) is 0. The maximum Gasteiger partial charge on any atom is 0.104 e. The topological polar surface area (TPSA) is 38.7 Å². The van der Waals surface area contributed by atoms with Crippen LogP contribution in [-0.2, 0) is 16.1 Å². The third-order valence-electron chi connectivity index (χ3n) is 2.00. The van der Waals surface area contributed by atoms with Gasteiger partial charge in [-0.25, -0.2) is 0 Å². The predicted octanol–water partition coefficient (Wildman–Crippen LogP) is 2.04. The van der Waals surface area contributed by atoms with Crippen molar-refractivity contribution in [2.75, 3.05) is 26.4 Å². The third-order valence-corrected chi connectivity index (χ3v) is 2.90. The van der Waals surface area contributed by atoms with Gasteiger partial charge in [0.05, 0.1) is 19.8 Å². The standard InChI is InChI=1S/C13H18O3S/c1-2-7-15-8-9-16-11-13-12(4-3-6-14)5-10-17-13/h5,10,14H,2,6-9,11H2,1H3. The number of aliphatic hydroxyl groups is 1. The zero-order chi connectivity index (χ0) is 12.3. The summed E-state index contributed by atoms with van der Waals surface area (Å²) in [6.07, 6.45) is 1.03. The van der Waals surface area contributed by atoms with Gasteiger partial charge in [0, 0.05) is 17.0 Å². The van der Waals surface area contributed by atoms with Crippen molar-refractivity contribution in [2.24, 2.45) is 0 Å². The zero-order valence-electron chi connectivity index (χ0n) is 10.1. The van der Waals surface area contributed by atoms with Crippen LogP contribution in [0, 0.1) is 11.8 Å². The molecule has 1 heterocycles. The Balaban J connectivity index is 2.24. The molecule has 1 aromatic heterocycles. The fraction of sp³-hybridized carbons (Fsp3) is 0.538. The average Bonchev–Trinajstić information content (AvgIpc) is 2.78. The van der Waals surface area contributed by atoms with Gasteiger partial charge in [0.25, 0.3) is 0 Å². The fourth-order valence-electron chi connectivity index (χ4n) is 1.23. The van der Waals surface area contributed by atoms with Crippen LogP contribution in [0.4, 0.5) is 0 Å². The summed E-state index contributed by atoms with van der Waals surface area (Å²) in [5.74, 6) is 5.54. The van der Waals surface area contributed by atoms with E-state index >= 15 is 0 Å².